The Kier molecular flexibility index (Phi) is 11.2. The van der Waals surface area contributed by atoms with E-state index in [-0.39, 0.29) is 71.5 Å². The Hall–Kier alpha value is -3.04. The van der Waals surface area contributed by atoms with Crippen LogP contribution in [0.2, 0.25) is 0 Å². The van der Waals surface area contributed by atoms with E-state index in [4.69, 9.17) is 15.0 Å². The van der Waals surface area contributed by atoms with Gasteiger partial charge in [0.25, 0.3) is 5.96 Å². The van der Waals surface area contributed by atoms with Crippen LogP contribution < -0.4 is 16.5 Å². The number of ketones is 1. The van der Waals surface area contributed by atoms with Gasteiger partial charge in [0.2, 0.25) is 5.91 Å². The summed E-state index contributed by atoms with van der Waals surface area (Å²) in [6.45, 7) is 10.9. The zero-order valence-electron chi connectivity index (χ0n) is 27.4. The second-order valence-electron chi connectivity index (χ2n) is 14.2. The molecule has 4 N–H and O–H groups in total. The Balaban J connectivity index is 1.44. The molecule has 13 nitrogen and oxygen atoms in total. The van der Waals surface area contributed by atoms with Crippen molar-refractivity contribution in [1.29, 1.82) is 0 Å². The summed E-state index contributed by atoms with van der Waals surface area (Å²) >= 11 is 0. The highest BCUT2D eigenvalue weighted by molar-refractivity contribution is 7.91. The van der Waals surface area contributed by atoms with Gasteiger partial charge in [0.1, 0.15) is 5.78 Å². The molecule has 6 atom stereocenters. The number of nitrogens with zero attached hydrogens (tertiary/aromatic N) is 2. The molecule has 0 radical (unpaired) electrons. The lowest BCUT2D eigenvalue weighted by molar-refractivity contribution is -0.525. The molecule has 1 saturated heterocycles. The number of hydrazine groups is 1. The Morgan fingerprint density at radius 3 is 2.52 bits per heavy atom. The molecular weight excluding hydrogens is 613 g/mol. The number of rotatable bonds is 16. The molecule has 5 rings (SSSR count). The van der Waals surface area contributed by atoms with E-state index in [0.717, 1.165) is 12.8 Å². The number of aliphatic imine (C=N–C) groups is 1. The number of hydrogen-bond acceptors (Lipinski definition) is 9. The smallest absolute Gasteiger partial charge is 0.404 e. The molecule has 254 valence electrons. The molecule has 1 aromatic carbocycles. The maximum absolute atomic E-state index is 13.8. The van der Waals surface area contributed by atoms with Crippen LogP contribution in [-0.4, -0.2) is 68.2 Å². The maximum Gasteiger partial charge on any atom is 0.481 e. The number of nitro groups is 1. The van der Waals surface area contributed by atoms with Crippen LogP contribution in [0.5, 0.6) is 0 Å². The van der Waals surface area contributed by atoms with E-state index in [1.165, 1.54) is 12.1 Å². The minimum atomic E-state index is -3.67. The number of amides is 1. The van der Waals surface area contributed by atoms with Gasteiger partial charge >= 0.3 is 7.12 Å². The van der Waals surface area contributed by atoms with Gasteiger partial charge in [-0.2, -0.15) is 0 Å². The Morgan fingerprint density at radius 1 is 1.20 bits per heavy atom. The second kappa shape index (κ2) is 14.4. The lowest BCUT2D eigenvalue weighted by Crippen LogP contribution is -2.65. The summed E-state index contributed by atoms with van der Waals surface area (Å²) in [4.78, 5) is 41.6. The van der Waals surface area contributed by atoms with E-state index >= 15 is 0 Å². The van der Waals surface area contributed by atoms with Gasteiger partial charge in [0, 0.05) is 25.3 Å². The Morgan fingerprint density at radius 2 is 1.89 bits per heavy atom. The number of sulfone groups is 1. The lowest BCUT2D eigenvalue weighted by Gasteiger charge is -2.64. The third-order valence-corrected chi connectivity index (χ3v) is 11.9. The summed E-state index contributed by atoms with van der Waals surface area (Å²) in [5, 5.41) is 12.9. The van der Waals surface area contributed by atoms with Crippen molar-refractivity contribution in [2.45, 2.75) is 102 Å². The van der Waals surface area contributed by atoms with E-state index in [0.29, 0.717) is 24.7 Å². The SMILES string of the molecule is CC(C)C[C@H](NC(=O)[C@H](CCCN=C(N)N[N+](=O)[O-])CC(=O)CCS(=O)(=O)c1ccccc1)B1O[C@@H]2C[C@@H]3C[C@@H](C3(C)C)[C@]2(C)O1. The van der Waals surface area contributed by atoms with Gasteiger partial charge in [-0.05, 0) is 74.3 Å². The number of guanidine groups is 1. The van der Waals surface area contributed by atoms with Crippen LogP contribution in [0.4, 0.5) is 0 Å². The summed E-state index contributed by atoms with van der Waals surface area (Å²) in [6, 6.07) is 7.92. The van der Waals surface area contributed by atoms with Crippen molar-refractivity contribution < 1.29 is 32.3 Å². The number of nitrogens with one attached hydrogen (secondary N) is 2. The molecule has 1 amide bonds. The fraction of sp³-hybridized carbons (Fsp3) is 0.710. The molecule has 0 spiro atoms. The van der Waals surface area contributed by atoms with Gasteiger partial charge in [-0.1, -0.05) is 51.3 Å². The lowest BCUT2D eigenvalue weighted by atomic mass is 9.43. The van der Waals surface area contributed by atoms with Crippen LogP contribution in [0.15, 0.2) is 40.2 Å². The number of carbonyl (C=O) groups is 2. The number of nitrogens with two attached hydrogens (primary N) is 1. The van der Waals surface area contributed by atoms with Crippen molar-refractivity contribution in [3.05, 3.63) is 40.4 Å². The van der Waals surface area contributed by atoms with Crippen molar-refractivity contribution in [3.8, 4) is 0 Å². The fourth-order valence-electron chi connectivity index (χ4n) is 7.48. The zero-order valence-corrected chi connectivity index (χ0v) is 28.3. The molecule has 46 heavy (non-hydrogen) atoms. The van der Waals surface area contributed by atoms with Gasteiger partial charge < -0.3 is 20.4 Å². The van der Waals surface area contributed by atoms with Gasteiger partial charge in [-0.3, -0.25) is 9.59 Å². The van der Waals surface area contributed by atoms with Crippen LogP contribution in [0.1, 0.15) is 79.6 Å². The first kappa shape index (κ1) is 35.8. The maximum atomic E-state index is 13.8. The van der Waals surface area contributed by atoms with Gasteiger partial charge in [0.15, 0.2) is 14.9 Å². The summed E-state index contributed by atoms with van der Waals surface area (Å²) in [5.74, 6) is -1.53. The number of benzene rings is 1. The minimum Gasteiger partial charge on any atom is -0.404 e. The quantitative estimate of drug-likeness (QED) is 0.0592. The highest BCUT2D eigenvalue weighted by Gasteiger charge is 2.68. The van der Waals surface area contributed by atoms with Crippen LogP contribution in [-0.2, 0) is 28.7 Å². The van der Waals surface area contributed by atoms with E-state index in [9.17, 15) is 28.1 Å². The predicted molar refractivity (Wildman–Crippen MR) is 174 cm³/mol. The highest BCUT2D eigenvalue weighted by Crippen LogP contribution is 2.65. The zero-order chi connectivity index (χ0) is 33.9. The highest BCUT2D eigenvalue weighted by atomic mass is 32.2. The molecule has 4 fully saturated rings. The predicted octanol–water partition coefficient (Wildman–Crippen LogP) is 3.10. The summed E-state index contributed by atoms with van der Waals surface area (Å²) in [6.07, 6.45) is 2.71. The number of Topliss-reactive ketones (excluding diaryl/α,β-unsaturated/α-hetero) is 1. The Bertz CT molecular complexity index is 1410. The molecule has 15 heteroatoms. The Labute approximate surface area is 272 Å². The monoisotopic (exact) mass is 661 g/mol. The number of carbonyl (C=O) groups excluding carboxylic acids is 2. The first-order valence-electron chi connectivity index (χ1n) is 16.2. The van der Waals surface area contributed by atoms with Crippen LogP contribution in [0, 0.1) is 39.2 Å². The molecule has 0 aromatic heterocycles. The third kappa shape index (κ3) is 8.27. The minimum absolute atomic E-state index is 0.0547. The molecule has 3 saturated carbocycles. The topological polar surface area (TPSA) is 192 Å². The van der Waals surface area contributed by atoms with Gasteiger partial charge in [-0.25, -0.2) is 23.5 Å². The van der Waals surface area contributed by atoms with Crippen molar-refractivity contribution in [3.63, 3.8) is 0 Å². The average Bonchev–Trinajstić information content (AvgIpc) is 3.34. The van der Waals surface area contributed by atoms with Crippen LogP contribution in [0.25, 0.3) is 0 Å². The van der Waals surface area contributed by atoms with Gasteiger partial charge in [-0.15, -0.1) is 0 Å². The molecule has 4 aliphatic rings. The molecule has 1 aliphatic heterocycles. The first-order chi connectivity index (χ1) is 21.5. The van der Waals surface area contributed by atoms with E-state index < -0.39 is 39.4 Å². The molecule has 1 heterocycles. The standard InChI is InChI=1S/C31H48BN5O8S/c1-20(2)16-27(32-44-26-19-22-18-25(30(22,3)4)31(26,5)45-32)35-28(39)21(10-9-14-34-29(33)36-37(40)41)17-23(38)13-15-46(42,43)24-11-7-6-8-12-24/h6-8,11-12,20-22,25-27H,9-10,13-19H2,1-5H3,(H,35,39)(H3,33,34,36)/t21-,22+,25+,26-,27+,31+/m1/s1. The molecule has 1 aromatic rings. The van der Waals surface area contributed by atoms with Crippen molar-refractivity contribution in [2.24, 2.45) is 39.8 Å². The molecule has 3 aliphatic carbocycles. The normalized spacial score (nSPS) is 26.5. The average molecular weight is 662 g/mol. The van der Waals surface area contributed by atoms with Crippen molar-refractivity contribution >= 4 is 34.6 Å². The first-order valence-corrected chi connectivity index (χ1v) is 17.8. The number of hydrogen-bond donors (Lipinski definition) is 3. The molecule has 2 bridgehead atoms. The second-order valence-corrected chi connectivity index (χ2v) is 16.3. The van der Waals surface area contributed by atoms with E-state index in [1.807, 2.05) is 0 Å². The molecule has 0 unspecified atom stereocenters. The van der Waals surface area contributed by atoms with Gasteiger partial charge in [0.05, 0.1) is 28.3 Å². The summed E-state index contributed by atoms with van der Waals surface area (Å²) in [7, 11) is -4.31. The largest absolute Gasteiger partial charge is 0.481 e. The van der Waals surface area contributed by atoms with E-state index in [2.05, 4.69) is 44.9 Å². The van der Waals surface area contributed by atoms with E-state index in [1.54, 1.807) is 23.6 Å². The summed E-state index contributed by atoms with van der Waals surface area (Å²) < 4.78 is 38.7. The summed E-state index contributed by atoms with van der Waals surface area (Å²) in [5.41, 5.74) is 7.01. The fourth-order valence-corrected chi connectivity index (χ4v) is 8.78. The van der Waals surface area contributed by atoms with Crippen LogP contribution >= 0.6 is 0 Å². The van der Waals surface area contributed by atoms with Crippen molar-refractivity contribution in [2.75, 3.05) is 12.3 Å². The molecular formula is C31H48BN5O8S. The van der Waals surface area contributed by atoms with Crippen molar-refractivity contribution in [1.82, 2.24) is 10.7 Å². The third-order valence-electron chi connectivity index (χ3n) is 10.1. The van der Waals surface area contributed by atoms with Crippen LogP contribution in [0.3, 0.4) is 0 Å².